The molecule has 0 saturated carbocycles. The summed E-state index contributed by atoms with van der Waals surface area (Å²) in [7, 11) is -3.03. The number of benzene rings is 1. The molecule has 88 valence electrons. The lowest BCUT2D eigenvalue weighted by molar-refractivity contribution is 0.297. The fraction of sp³-hybridized carbons (Fsp3) is 0.333. The smallest absolute Gasteiger partial charge is 0.256 e. The van der Waals surface area contributed by atoms with Crippen molar-refractivity contribution in [3.8, 4) is 0 Å². The SMILES string of the molecule is C=C(CCO)P(=O)(OCC)c1ccccc1. The van der Waals surface area contributed by atoms with Crippen molar-refractivity contribution in [1.82, 2.24) is 0 Å². The molecule has 0 aromatic heterocycles. The van der Waals surface area contributed by atoms with Crippen LogP contribution in [0.5, 0.6) is 0 Å². The van der Waals surface area contributed by atoms with Gasteiger partial charge in [0.05, 0.1) is 6.61 Å². The second-order valence-corrected chi connectivity index (χ2v) is 5.85. The van der Waals surface area contributed by atoms with Crippen LogP contribution in [0.1, 0.15) is 13.3 Å². The molecule has 0 radical (unpaired) electrons. The highest BCUT2D eigenvalue weighted by Gasteiger charge is 2.28. The van der Waals surface area contributed by atoms with E-state index in [0.717, 1.165) is 0 Å². The minimum atomic E-state index is -3.03. The van der Waals surface area contributed by atoms with Crippen LogP contribution in [0.2, 0.25) is 0 Å². The zero-order valence-corrected chi connectivity index (χ0v) is 10.3. The molecule has 0 amide bonds. The van der Waals surface area contributed by atoms with Crippen LogP contribution in [-0.4, -0.2) is 18.3 Å². The molecule has 1 aromatic rings. The first kappa shape index (κ1) is 13.2. The number of hydrogen-bond donors (Lipinski definition) is 1. The standard InChI is InChI=1S/C12H17O3P/c1-3-15-16(14,11(2)9-10-13)12-7-5-4-6-8-12/h4-8,13H,2-3,9-10H2,1H3. The summed E-state index contributed by atoms with van der Waals surface area (Å²) < 4.78 is 18.0. The Labute approximate surface area is 96.2 Å². The molecule has 3 nitrogen and oxygen atoms in total. The van der Waals surface area contributed by atoms with Crippen LogP contribution in [0.25, 0.3) is 0 Å². The highest BCUT2D eigenvalue weighted by atomic mass is 31.2. The van der Waals surface area contributed by atoms with Gasteiger partial charge in [0, 0.05) is 23.6 Å². The molecule has 0 heterocycles. The minimum Gasteiger partial charge on any atom is -0.396 e. The van der Waals surface area contributed by atoms with E-state index >= 15 is 0 Å². The third kappa shape index (κ3) is 2.82. The lowest BCUT2D eigenvalue weighted by atomic mass is 10.4. The van der Waals surface area contributed by atoms with Gasteiger partial charge in [-0.1, -0.05) is 24.8 Å². The number of rotatable bonds is 6. The van der Waals surface area contributed by atoms with Gasteiger partial charge in [0.1, 0.15) is 0 Å². The Hall–Kier alpha value is -0.890. The average molecular weight is 240 g/mol. The first-order chi connectivity index (χ1) is 7.65. The van der Waals surface area contributed by atoms with Gasteiger partial charge in [-0.15, -0.1) is 0 Å². The molecule has 16 heavy (non-hydrogen) atoms. The topological polar surface area (TPSA) is 46.5 Å². The second-order valence-electron chi connectivity index (χ2n) is 3.34. The lowest BCUT2D eigenvalue weighted by Crippen LogP contribution is -2.09. The second kappa shape index (κ2) is 6.00. The maximum Gasteiger partial charge on any atom is 0.256 e. The molecule has 0 saturated heterocycles. The normalized spacial score (nSPS) is 14.4. The van der Waals surface area contributed by atoms with Crippen molar-refractivity contribution in [2.75, 3.05) is 13.2 Å². The van der Waals surface area contributed by atoms with Gasteiger partial charge in [0.15, 0.2) is 0 Å². The van der Waals surface area contributed by atoms with E-state index in [1.165, 1.54) is 0 Å². The quantitative estimate of drug-likeness (QED) is 0.777. The van der Waals surface area contributed by atoms with Gasteiger partial charge in [-0.05, 0) is 19.1 Å². The van der Waals surface area contributed by atoms with E-state index in [1.807, 2.05) is 18.2 Å². The van der Waals surface area contributed by atoms with Crippen molar-refractivity contribution in [2.45, 2.75) is 13.3 Å². The number of aliphatic hydroxyl groups excluding tert-OH is 1. The molecule has 0 aliphatic rings. The summed E-state index contributed by atoms with van der Waals surface area (Å²) in [4.78, 5) is 0. The summed E-state index contributed by atoms with van der Waals surface area (Å²) in [5.74, 6) is 0. The van der Waals surface area contributed by atoms with E-state index in [4.69, 9.17) is 9.63 Å². The van der Waals surface area contributed by atoms with Crippen LogP contribution in [0.3, 0.4) is 0 Å². The Morgan fingerprint density at radius 1 is 1.44 bits per heavy atom. The molecular weight excluding hydrogens is 223 g/mol. The zero-order valence-electron chi connectivity index (χ0n) is 9.43. The minimum absolute atomic E-state index is 0.0667. The molecule has 0 aliphatic heterocycles. The van der Waals surface area contributed by atoms with E-state index in [1.54, 1.807) is 19.1 Å². The van der Waals surface area contributed by atoms with E-state index in [0.29, 0.717) is 23.6 Å². The number of hydrogen-bond acceptors (Lipinski definition) is 3. The van der Waals surface area contributed by atoms with Crippen LogP contribution < -0.4 is 5.30 Å². The van der Waals surface area contributed by atoms with E-state index in [2.05, 4.69) is 6.58 Å². The van der Waals surface area contributed by atoms with Crippen molar-refractivity contribution < 1.29 is 14.2 Å². The van der Waals surface area contributed by atoms with Crippen molar-refractivity contribution in [1.29, 1.82) is 0 Å². The third-order valence-corrected chi connectivity index (χ3v) is 4.88. The summed E-state index contributed by atoms with van der Waals surface area (Å²) >= 11 is 0. The van der Waals surface area contributed by atoms with Crippen LogP contribution in [0.4, 0.5) is 0 Å². The van der Waals surface area contributed by atoms with Gasteiger partial charge in [-0.2, -0.15) is 0 Å². The van der Waals surface area contributed by atoms with Crippen molar-refractivity contribution >= 4 is 12.7 Å². The summed E-state index contributed by atoms with van der Waals surface area (Å²) in [5.41, 5.74) is 0. The van der Waals surface area contributed by atoms with Gasteiger partial charge in [-0.3, -0.25) is 4.57 Å². The predicted octanol–water partition coefficient (Wildman–Crippen LogP) is 2.52. The van der Waals surface area contributed by atoms with E-state index < -0.39 is 7.37 Å². The highest BCUT2D eigenvalue weighted by Crippen LogP contribution is 2.54. The largest absolute Gasteiger partial charge is 0.396 e. The molecule has 0 fully saturated rings. The summed E-state index contributed by atoms with van der Waals surface area (Å²) in [6.07, 6.45) is 0.298. The average Bonchev–Trinajstić information content (AvgIpc) is 2.30. The van der Waals surface area contributed by atoms with E-state index in [-0.39, 0.29) is 6.61 Å². The molecule has 0 aliphatic carbocycles. The molecule has 0 spiro atoms. The first-order valence-electron chi connectivity index (χ1n) is 5.24. The Bertz CT molecular complexity index is 387. The van der Waals surface area contributed by atoms with Crippen molar-refractivity contribution in [3.63, 3.8) is 0 Å². The monoisotopic (exact) mass is 240 g/mol. The summed E-state index contributed by atoms with van der Waals surface area (Å²) in [6.45, 7) is 5.85. The fourth-order valence-electron chi connectivity index (χ4n) is 1.43. The third-order valence-electron chi connectivity index (χ3n) is 2.22. The first-order valence-corrected chi connectivity index (χ1v) is 6.87. The van der Waals surface area contributed by atoms with E-state index in [9.17, 15) is 4.57 Å². The molecule has 1 N–H and O–H groups in total. The number of aliphatic hydroxyl groups is 1. The molecule has 1 unspecified atom stereocenters. The predicted molar refractivity (Wildman–Crippen MR) is 66.2 cm³/mol. The summed E-state index contributed by atoms with van der Waals surface area (Å²) in [6, 6.07) is 9.01. The van der Waals surface area contributed by atoms with Crippen molar-refractivity contribution in [3.05, 3.63) is 42.2 Å². The Morgan fingerprint density at radius 3 is 2.56 bits per heavy atom. The van der Waals surface area contributed by atoms with Crippen LogP contribution in [-0.2, 0) is 9.09 Å². The van der Waals surface area contributed by atoms with Crippen LogP contribution in [0.15, 0.2) is 42.2 Å². The maximum absolute atomic E-state index is 12.7. The fourth-order valence-corrected chi connectivity index (χ4v) is 3.45. The Kier molecular flexibility index (Phi) is 4.94. The van der Waals surface area contributed by atoms with Gasteiger partial charge in [-0.25, -0.2) is 0 Å². The molecule has 4 heteroatoms. The Morgan fingerprint density at radius 2 is 2.06 bits per heavy atom. The zero-order chi connectivity index (χ0) is 12.0. The van der Waals surface area contributed by atoms with Gasteiger partial charge < -0.3 is 9.63 Å². The Balaban J connectivity index is 3.07. The van der Waals surface area contributed by atoms with Crippen LogP contribution >= 0.6 is 7.37 Å². The van der Waals surface area contributed by atoms with Gasteiger partial charge in [0.2, 0.25) is 0 Å². The van der Waals surface area contributed by atoms with Gasteiger partial charge >= 0.3 is 0 Å². The lowest BCUT2D eigenvalue weighted by Gasteiger charge is -2.19. The molecule has 1 rings (SSSR count). The molecule has 1 atom stereocenters. The summed E-state index contributed by atoms with van der Waals surface area (Å²) in [5, 5.41) is 9.97. The molecule has 0 bridgehead atoms. The highest BCUT2D eigenvalue weighted by molar-refractivity contribution is 7.71. The van der Waals surface area contributed by atoms with Crippen LogP contribution in [0, 0.1) is 0 Å². The van der Waals surface area contributed by atoms with Crippen molar-refractivity contribution in [2.24, 2.45) is 0 Å². The molecule has 1 aromatic carbocycles. The van der Waals surface area contributed by atoms with Gasteiger partial charge in [0.25, 0.3) is 7.37 Å². The maximum atomic E-state index is 12.7. The molecular formula is C12H17O3P.